The van der Waals surface area contributed by atoms with Gasteiger partial charge in [0.25, 0.3) is 5.91 Å². The van der Waals surface area contributed by atoms with Gasteiger partial charge in [0.1, 0.15) is 11.9 Å². The van der Waals surface area contributed by atoms with Gasteiger partial charge in [-0.3, -0.25) is 10.1 Å². The van der Waals surface area contributed by atoms with Gasteiger partial charge in [0, 0.05) is 35.6 Å². The average molecular weight is 531 g/mol. The lowest BCUT2D eigenvalue weighted by molar-refractivity contribution is 0.0916. The normalized spacial score (nSPS) is 11.4. The summed E-state index contributed by atoms with van der Waals surface area (Å²) in [4.78, 5) is 29.4. The molecule has 4 aromatic rings. The van der Waals surface area contributed by atoms with Crippen LogP contribution in [-0.4, -0.2) is 36.7 Å². The number of nitrogens with zero attached hydrogens (tertiary/aromatic N) is 1. The lowest BCUT2D eigenvalue weighted by Gasteiger charge is -2.16. The Hall–Kier alpha value is -4.21. The van der Waals surface area contributed by atoms with Gasteiger partial charge < -0.3 is 20.1 Å². The van der Waals surface area contributed by atoms with Crippen LogP contribution in [0.15, 0.2) is 84.4 Å². The smallest absolute Gasteiger partial charge is 0.323 e. The van der Waals surface area contributed by atoms with E-state index in [9.17, 15) is 9.59 Å². The van der Waals surface area contributed by atoms with E-state index in [4.69, 9.17) is 9.47 Å². The standard InChI is InChI=1S/C29H30N4O4S/c1-20(19-36-2)37-26-17-22(15-23(18-26)27(34)33-29-30-13-14-38-29)12-11-21-7-6-10-25(16-21)32-28(35)31-24-8-4-3-5-9-24/h3-10,13-18,20H,11-12,19H2,1-2H3,(H,30,33,34)(H2,31,32,35)/t20-/m0/s1. The summed E-state index contributed by atoms with van der Waals surface area (Å²) in [6, 6.07) is 22.2. The van der Waals surface area contributed by atoms with Crippen LogP contribution in [0.4, 0.5) is 21.3 Å². The molecule has 0 fully saturated rings. The summed E-state index contributed by atoms with van der Waals surface area (Å²) in [7, 11) is 1.62. The lowest BCUT2D eigenvalue weighted by Crippen LogP contribution is -2.19. The Morgan fingerprint density at radius 2 is 1.66 bits per heavy atom. The van der Waals surface area contributed by atoms with E-state index in [0.717, 1.165) is 16.8 Å². The number of hydrogen-bond donors (Lipinski definition) is 3. The molecule has 0 saturated heterocycles. The van der Waals surface area contributed by atoms with Crippen LogP contribution in [0.1, 0.15) is 28.4 Å². The molecule has 3 amide bonds. The largest absolute Gasteiger partial charge is 0.488 e. The molecule has 0 radical (unpaired) electrons. The van der Waals surface area contributed by atoms with E-state index in [0.29, 0.717) is 41.6 Å². The third kappa shape index (κ3) is 8.16. The minimum atomic E-state index is -0.306. The summed E-state index contributed by atoms with van der Waals surface area (Å²) in [5.74, 6) is 0.353. The molecule has 0 unspecified atom stereocenters. The Kier molecular flexibility index (Phi) is 9.44. The zero-order valence-corrected chi connectivity index (χ0v) is 22.1. The van der Waals surface area contributed by atoms with Crippen LogP contribution in [-0.2, 0) is 17.6 Å². The van der Waals surface area contributed by atoms with Crippen LogP contribution in [0.25, 0.3) is 0 Å². The van der Waals surface area contributed by atoms with Crippen molar-refractivity contribution in [2.45, 2.75) is 25.9 Å². The van der Waals surface area contributed by atoms with Crippen molar-refractivity contribution in [1.29, 1.82) is 0 Å². The van der Waals surface area contributed by atoms with Crippen molar-refractivity contribution in [3.05, 3.63) is 101 Å². The monoisotopic (exact) mass is 530 g/mol. The van der Waals surface area contributed by atoms with Crippen LogP contribution in [0, 0.1) is 0 Å². The first-order valence-corrected chi connectivity index (χ1v) is 13.1. The fourth-order valence-corrected chi connectivity index (χ4v) is 4.39. The summed E-state index contributed by atoms with van der Waals surface area (Å²) < 4.78 is 11.2. The number of urea groups is 1. The Balaban J connectivity index is 1.44. The zero-order chi connectivity index (χ0) is 26.7. The highest BCUT2D eigenvalue weighted by Gasteiger charge is 2.13. The Morgan fingerprint density at radius 3 is 2.42 bits per heavy atom. The third-order valence-corrected chi connectivity index (χ3v) is 6.23. The first-order valence-electron chi connectivity index (χ1n) is 12.2. The van der Waals surface area contributed by atoms with E-state index >= 15 is 0 Å². The molecule has 0 bridgehead atoms. The fraction of sp³-hybridized carbons (Fsp3) is 0.207. The predicted octanol–water partition coefficient (Wildman–Crippen LogP) is 6.24. The Labute approximate surface area is 226 Å². The van der Waals surface area contributed by atoms with Crippen molar-refractivity contribution in [3.63, 3.8) is 0 Å². The second kappa shape index (κ2) is 13.4. The number of hydrogen-bond acceptors (Lipinski definition) is 6. The van der Waals surface area contributed by atoms with Crippen LogP contribution in [0.5, 0.6) is 5.75 Å². The molecule has 0 saturated carbocycles. The molecule has 1 aromatic heterocycles. The van der Waals surface area contributed by atoms with Crippen LogP contribution >= 0.6 is 11.3 Å². The predicted molar refractivity (Wildman–Crippen MR) is 151 cm³/mol. The number of carbonyl (C=O) groups is 2. The number of para-hydroxylation sites is 1. The van der Waals surface area contributed by atoms with Gasteiger partial charge in [0.2, 0.25) is 0 Å². The molecule has 1 atom stereocenters. The second-order valence-electron chi connectivity index (χ2n) is 8.69. The molecule has 1 heterocycles. The van der Waals surface area contributed by atoms with Gasteiger partial charge in [0.15, 0.2) is 5.13 Å². The van der Waals surface area contributed by atoms with E-state index in [1.807, 2.05) is 73.7 Å². The van der Waals surface area contributed by atoms with Gasteiger partial charge in [0.05, 0.1) is 6.61 Å². The van der Waals surface area contributed by atoms with Crippen molar-refractivity contribution in [2.24, 2.45) is 0 Å². The number of rotatable bonds is 11. The topological polar surface area (TPSA) is 102 Å². The SMILES string of the molecule is COC[C@H](C)Oc1cc(CCc2cccc(NC(=O)Nc3ccccc3)c2)cc(C(=O)Nc2nccs2)c1. The molecule has 0 aliphatic rings. The molecule has 9 heteroatoms. The molecular weight excluding hydrogens is 500 g/mol. The highest BCUT2D eigenvalue weighted by Crippen LogP contribution is 2.23. The quantitative estimate of drug-likeness (QED) is 0.213. The van der Waals surface area contributed by atoms with Crippen molar-refractivity contribution in [1.82, 2.24) is 4.98 Å². The number of amides is 3. The van der Waals surface area contributed by atoms with Gasteiger partial charge >= 0.3 is 6.03 Å². The van der Waals surface area contributed by atoms with Gasteiger partial charge in [-0.25, -0.2) is 9.78 Å². The van der Waals surface area contributed by atoms with Crippen molar-refractivity contribution in [3.8, 4) is 5.75 Å². The Bertz CT molecular complexity index is 1350. The molecule has 196 valence electrons. The first kappa shape index (κ1) is 26.8. The molecule has 0 spiro atoms. The zero-order valence-electron chi connectivity index (χ0n) is 21.3. The van der Waals surface area contributed by atoms with E-state index < -0.39 is 0 Å². The number of anilines is 3. The maximum Gasteiger partial charge on any atom is 0.323 e. The van der Waals surface area contributed by atoms with Crippen LogP contribution in [0.3, 0.4) is 0 Å². The maximum atomic E-state index is 12.9. The molecule has 3 N–H and O–H groups in total. The van der Waals surface area contributed by atoms with Gasteiger partial charge in [-0.05, 0) is 73.4 Å². The molecule has 0 aliphatic heterocycles. The fourth-order valence-electron chi connectivity index (χ4n) is 3.87. The Morgan fingerprint density at radius 1 is 0.895 bits per heavy atom. The molecule has 4 rings (SSSR count). The first-order chi connectivity index (χ1) is 18.5. The summed E-state index contributed by atoms with van der Waals surface area (Å²) in [5, 5.41) is 10.9. The third-order valence-electron chi connectivity index (χ3n) is 5.54. The summed E-state index contributed by atoms with van der Waals surface area (Å²) in [6.07, 6.45) is 2.86. The van der Waals surface area contributed by atoms with Gasteiger partial charge in [-0.1, -0.05) is 30.3 Å². The van der Waals surface area contributed by atoms with Crippen LogP contribution in [0.2, 0.25) is 0 Å². The summed E-state index contributed by atoms with van der Waals surface area (Å²) >= 11 is 1.36. The average Bonchev–Trinajstić information content (AvgIpc) is 3.41. The number of aryl methyl sites for hydroxylation is 2. The van der Waals surface area contributed by atoms with E-state index in [-0.39, 0.29) is 18.0 Å². The van der Waals surface area contributed by atoms with E-state index in [2.05, 4.69) is 20.9 Å². The molecule has 0 aliphatic carbocycles. The number of benzene rings is 3. The molecule has 3 aromatic carbocycles. The highest BCUT2D eigenvalue weighted by atomic mass is 32.1. The van der Waals surface area contributed by atoms with Crippen molar-refractivity contribution >= 4 is 39.8 Å². The minimum absolute atomic E-state index is 0.171. The maximum absolute atomic E-state index is 12.9. The number of aromatic nitrogens is 1. The lowest BCUT2D eigenvalue weighted by atomic mass is 10.0. The molecular formula is C29H30N4O4S. The number of nitrogens with one attached hydrogen (secondary N) is 3. The van der Waals surface area contributed by atoms with Gasteiger partial charge in [-0.2, -0.15) is 0 Å². The van der Waals surface area contributed by atoms with E-state index in [1.54, 1.807) is 24.8 Å². The number of carbonyl (C=O) groups excluding carboxylic acids is 2. The summed E-state index contributed by atoms with van der Waals surface area (Å²) in [5.41, 5.74) is 3.92. The second-order valence-corrected chi connectivity index (χ2v) is 9.58. The van der Waals surface area contributed by atoms with Gasteiger partial charge in [-0.15, -0.1) is 11.3 Å². The van der Waals surface area contributed by atoms with Crippen molar-refractivity contribution in [2.75, 3.05) is 29.7 Å². The van der Waals surface area contributed by atoms with E-state index in [1.165, 1.54) is 11.3 Å². The number of ether oxygens (including phenoxy) is 2. The molecule has 38 heavy (non-hydrogen) atoms. The summed E-state index contributed by atoms with van der Waals surface area (Å²) in [6.45, 7) is 2.35. The highest BCUT2D eigenvalue weighted by molar-refractivity contribution is 7.13. The van der Waals surface area contributed by atoms with Crippen LogP contribution < -0.4 is 20.7 Å². The molecule has 8 nitrogen and oxygen atoms in total. The number of methoxy groups -OCH3 is 1. The minimum Gasteiger partial charge on any atom is -0.488 e. The van der Waals surface area contributed by atoms with Crippen molar-refractivity contribution < 1.29 is 19.1 Å². The number of thiazole rings is 1.